The lowest BCUT2D eigenvalue weighted by molar-refractivity contribution is -0.121. The summed E-state index contributed by atoms with van der Waals surface area (Å²) in [6.45, 7) is 6.83. The van der Waals surface area contributed by atoms with Crippen molar-refractivity contribution in [2.45, 2.75) is 32.7 Å². The second-order valence-electron chi connectivity index (χ2n) is 9.03. The summed E-state index contributed by atoms with van der Waals surface area (Å²) in [6, 6.07) is 14.6. The van der Waals surface area contributed by atoms with Gasteiger partial charge in [0.25, 0.3) is 5.91 Å². The van der Waals surface area contributed by atoms with Gasteiger partial charge in [0.05, 0.1) is 20.8 Å². The minimum Gasteiger partial charge on any atom is -0.497 e. The first-order chi connectivity index (χ1) is 17.7. The molecule has 0 radical (unpaired) electrons. The van der Waals surface area contributed by atoms with Crippen LogP contribution < -0.4 is 14.4 Å². The van der Waals surface area contributed by atoms with Crippen LogP contribution in [0.2, 0.25) is 5.02 Å². The normalized spacial score (nSPS) is 16.5. The number of hydrogen-bond acceptors (Lipinski definition) is 4. The first kappa shape index (κ1) is 26.5. The van der Waals surface area contributed by atoms with Gasteiger partial charge in [-0.25, -0.2) is 4.39 Å². The van der Waals surface area contributed by atoms with E-state index in [-0.39, 0.29) is 18.4 Å². The fourth-order valence-corrected chi connectivity index (χ4v) is 5.25. The molecule has 1 atom stereocenters. The SMILES string of the molecule is CCN(CC)C(=O)c1ccc(Cl)c(C2(C)C(=O)N(Cc3ccc(OC)cc3OC)c3ccc(F)cc32)c1. The van der Waals surface area contributed by atoms with Crippen molar-refractivity contribution in [3.63, 3.8) is 0 Å². The second kappa shape index (κ2) is 10.4. The van der Waals surface area contributed by atoms with Gasteiger partial charge in [0.2, 0.25) is 5.91 Å². The van der Waals surface area contributed by atoms with Crippen LogP contribution >= 0.6 is 11.6 Å². The topological polar surface area (TPSA) is 59.1 Å². The van der Waals surface area contributed by atoms with Crippen molar-refractivity contribution < 1.29 is 23.5 Å². The molecule has 0 N–H and O–H groups in total. The molecule has 0 spiro atoms. The number of carbonyl (C=O) groups excluding carboxylic acids is 2. The van der Waals surface area contributed by atoms with E-state index in [0.717, 1.165) is 5.56 Å². The molecule has 37 heavy (non-hydrogen) atoms. The fourth-order valence-electron chi connectivity index (χ4n) is 4.94. The molecule has 6 nitrogen and oxygen atoms in total. The maximum Gasteiger partial charge on any atom is 0.253 e. The van der Waals surface area contributed by atoms with Crippen molar-refractivity contribution in [3.05, 3.63) is 87.7 Å². The first-order valence-electron chi connectivity index (χ1n) is 12.1. The number of ether oxygens (including phenoxy) is 2. The molecule has 0 bridgehead atoms. The van der Waals surface area contributed by atoms with Crippen molar-refractivity contribution in [1.82, 2.24) is 4.90 Å². The average molecular weight is 525 g/mol. The lowest BCUT2D eigenvalue weighted by Crippen LogP contribution is -2.39. The molecule has 4 rings (SSSR count). The summed E-state index contributed by atoms with van der Waals surface area (Å²) in [5.74, 6) is 0.293. The van der Waals surface area contributed by atoms with Crippen LogP contribution in [0.4, 0.5) is 10.1 Å². The summed E-state index contributed by atoms with van der Waals surface area (Å²) in [6.07, 6.45) is 0. The number of nitrogens with zero attached hydrogens (tertiary/aromatic N) is 2. The Kier molecular flexibility index (Phi) is 7.46. The molecule has 0 aromatic heterocycles. The number of rotatable bonds is 8. The molecule has 0 aliphatic carbocycles. The zero-order valence-corrected chi connectivity index (χ0v) is 22.4. The Labute approximate surface area is 221 Å². The van der Waals surface area contributed by atoms with Crippen LogP contribution in [0.5, 0.6) is 11.5 Å². The molecule has 0 saturated heterocycles. The third-order valence-electron chi connectivity index (χ3n) is 7.09. The van der Waals surface area contributed by atoms with E-state index < -0.39 is 11.2 Å². The van der Waals surface area contributed by atoms with E-state index in [1.807, 2.05) is 19.9 Å². The first-order valence-corrected chi connectivity index (χ1v) is 12.5. The van der Waals surface area contributed by atoms with Gasteiger partial charge in [-0.05, 0) is 80.4 Å². The summed E-state index contributed by atoms with van der Waals surface area (Å²) in [4.78, 5) is 30.6. The van der Waals surface area contributed by atoms with E-state index in [2.05, 4.69) is 0 Å². The summed E-state index contributed by atoms with van der Waals surface area (Å²) in [5.41, 5.74) is 1.38. The molecule has 1 aliphatic heterocycles. The molecule has 2 amide bonds. The van der Waals surface area contributed by atoms with Gasteiger partial charge in [-0.2, -0.15) is 0 Å². The monoisotopic (exact) mass is 524 g/mol. The number of fused-ring (bicyclic) bond motifs is 1. The third kappa shape index (κ3) is 4.53. The summed E-state index contributed by atoms with van der Waals surface area (Å²) in [5, 5.41) is 0.325. The molecular formula is C29H30ClFN2O4. The van der Waals surface area contributed by atoms with E-state index in [1.54, 1.807) is 67.3 Å². The molecule has 1 aliphatic rings. The van der Waals surface area contributed by atoms with Crippen LogP contribution in [-0.2, 0) is 16.8 Å². The van der Waals surface area contributed by atoms with E-state index in [4.69, 9.17) is 21.1 Å². The highest BCUT2D eigenvalue weighted by molar-refractivity contribution is 6.32. The molecule has 1 unspecified atom stereocenters. The average Bonchev–Trinajstić information content (AvgIpc) is 3.11. The Morgan fingerprint density at radius 1 is 1.00 bits per heavy atom. The highest BCUT2D eigenvalue weighted by Crippen LogP contribution is 2.49. The van der Waals surface area contributed by atoms with Crippen LogP contribution in [0.15, 0.2) is 54.6 Å². The van der Waals surface area contributed by atoms with Crippen molar-refractivity contribution in [1.29, 1.82) is 0 Å². The van der Waals surface area contributed by atoms with Gasteiger partial charge in [0, 0.05) is 41.0 Å². The number of hydrogen-bond donors (Lipinski definition) is 0. The molecule has 194 valence electrons. The van der Waals surface area contributed by atoms with Crippen molar-refractivity contribution in [2.75, 3.05) is 32.2 Å². The lowest BCUT2D eigenvalue weighted by atomic mass is 9.76. The molecule has 8 heteroatoms. The van der Waals surface area contributed by atoms with Gasteiger partial charge in [-0.15, -0.1) is 0 Å². The van der Waals surface area contributed by atoms with E-state index in [1.165, 1.54) is 12.1 Å². The predicted molar refractivity (Wildman–Crippen MR) is 142 cm³/mol. The van der Waals surface area contributed by atoms with E-state index in [0.29, 0.717) is 52.0 Å². The molecule has 1 heterocycles. The number of anilines is 1. The highest BCUT2D eigenvalue weighted by Gasteiger charge is 2.50. The Balaban J connectivity index is 1.84. The summed E-state index contributed by atoms with van der Waals surface area (Å²) in [7, 11) is 3.12. The van der Waals surface area contributed by atoms with Gasteiger partial charge >= 0.3 is 0 Å². The fraction of sp³-hybridized carbons (Fsp3) is 0.310. The Morgan fingerprint density at radius 2 is 1.73 bits per heavy atom. The van der Waals surface area contributed by atoms with Crippen LogP contribution in [0.3, 0.4) is 0 Å². The lowest BCUT2D eigenvalue weighted by Gasteiger charge is -2.27. The van der Waals surface area contributed by atoms with Crippen LogP contribution in [-0.4, -0.2) is 44.0 Å². The molecule has 0 saturated carbocycles. The molecule has 0 fully saturated rings. The van der Waals surface area contributed by atoms with Gasteiger partial charge < -0.3 is 19.3 Å². The van der Waals surface area contributed by atoms with Crippen LogP contribution in [0.25, 0.3) is 0 Å². The Morgan fingerprint density at radius 3 is 2.38 bits per heavy atom. The standard InChI is InChI=1S/C29H30ClFN2O4/c1-6-32(7-2)27(34)18-9-12-24(30)22(14-18)29(3)23-15-20(31)10-13-25(23)33(28(29)35)17-19-8-11-21(36-4)16-26(19)37-5/h8-16H,6-7,17H2,1-5H3. The molecular weight excluding hydrogens is 495 g/mol. The number of amides is 2. The highest BCUT2D eigenvalue weighted by atomic mass is 35.5. The smallest absolute Gasteiger partial charge is 0.253 e. The van der Waals surface area contributed by atoms with Crippen LogP contribution in [0.1, 0.15) is 47.8 Å². The minimum absolute atomic E-state index is 0.156. The van der Waals surface area contributed by atoms with Crippen molar-refractivity contribution in [2.24, 2.45) is 0 Å². The Bertz CT molecular complexity index is 1360. The quantitative estimate of drug-likeness (QED) is 0.372. The van der Waals surface area contributed by atoms with Gasteiger partial charge in [0.15, 0.2) is 0 Å². The third-order valence-corrected chi connectivity index (χ3v) is 7.42. The van der Waals surface area contributed by atoms with Crippen molar-refractivity contribution in [3.8, 4) is 11.5 Å². The molecule has 3 aromatic rings. The van der Waals surface area contributed by atoms with Crippen LogP contribution in [0, 0.1) is 5.82 Å². The number of benzene rings is 3. The maximum absolute atomic E-state index is 14.6. The number of carbonyl (C=O) groups is 2. The second-order valence-corrected chi connectivity index (χ2v) is 9.43. The molecule has 3 aromatic carbocycles. The summed E-state index contributed by atoms with van der Waals surface area (Å²) < 4.78 is 25.4. The number of methoxy groups -OCH3 is 2. The number of halogens is 2. The zero-order valence-electron chi connectivity index (χ0n) is 21.6. The van der Waals surface area contributed by atoms with Gasteiger partial charge in [0.1, 0.15) is 22.7 Å². The predicted octanol–water partition coefficient (Wildman–Crippen LogP) is 5.83. The minimum atomic E-state index is -1.31. The van der Waals surface area contributed by atoms with Gasteiger partial charge in [-0.1, -0.05) is 11.6 Å². The van der Waals surface area contributed by atoms with E-state index >= 15 is 0 Å². The van der Waals surface area contributed by atoms with Crippen molar-refractivity contribution >= 4 is 29.1 Å². The van der Waals surface area contributed by atoms with E-state index in [9.17, 15) is 14.0 Å². The van der Waals surface area contributed by atoms with Gasteiger partial charge in [-0.3, -0.25) is 9.59 Å². The summed E-state index contributed by atoms with van der Waals surface area (Å²) >= 11 is 6.66. The zero-order chi connectivity index (χ0) is 26.9. The maximum atomic E-state index is 14.6. The Hall–Kier alpha value is -3.58. The largest absolute Gasteiger partial charge is 0.497 e.